The molecule has 0 bridgehead atoms. The number of nitrogens with two attached hydrogens (primary N) is 1. The summed E-state index contributed by atoms with van der Waals surface area (Å²) >= 11 is 4.98. The first-order chi connectivity index (χ1) is 7.87. The zero-order valence-electron chi connectivity index (χ0n) is 11.6. The van der Waals surface area contributed by atoms with Crippen molar-refractivity contribution in [3.05, 3.63) is 0 Å². The lowest BCUT2D eigenvalue weighted by molar-refractivity contribution is -0.137. The molecule has 0 aromatic heterocycles. The van der Waals surface area contributed by atoms with E-state index < -0.39 is 5.41 Å². The van der Waals surface area contributed by atoms with Gasteiger partial charge in [0, 0.05) is 13.1 Å². The van der Waals surface area contributed by atoms with Gasteiger partial charge in [0.15, 0.2) is 0 Å². The second-order valence-electron chi connectivity index (χ2n) is 4.99. The normalized spacial score (nSPS) is 11.3. The molecular weight excluding hydrogens is 232 g/mol. The predicted molar refractivity (Wildman–Crippen MR) is 77.0 cm³/mol. The number of thiocarbonyl (C=S) groups is 1. The molecule has 0 aromatic carbocycles. The molecule has 0 aliphatic heterocycles. The Bertz CT molecular complexity index is 256. The highest BCUT2D eigenvalue weighted by Gasteiger charge is 2.34. The van der Waals surface area contributed by atoms with Crippen molar-refractivity contribution in [1.82, 2.24) is 4.90 Å². The molecule has 4 heteroatoms. The van der Waals surface area contributed by atoms with Crippen LogP contribution in [0.15, 0.2) is 0 Å². The van der Waals surface area contributed by atoms with Gasteiger partial charge in [0.2, 0.25) is 5.91 Å². The molecule has 3 nitrogen and oxygen atoms in total. The van der Waals surface area contributed by atoms with E-state index in [4.69, 9.17) is 18.0 Å². The maximum absolute atomic E-state index is 12.4. The van der Waals surface area contributed by atoms with Crippen molar-refractivity contribution in [1.29, 1.82) is 0 Å². The number of nitrogens with zero attached hydrogens (tertiary/aromatic N) is 1. The third kappa shape index (κ3) is 5.02. The molecule has 2 N–H and O–H groups in total. The molecule has 1 amide bonds. The zero-order chi connectivity index (χ0) is 13.5. The van der Waals surface area contributed by atoms with E-state index in [0.717, 1.165) is 38.8 Å². The highest BCUT2D eigenvalue weighted by atomic mass is 32.1. The number of carbonyl (C=O) groups is 1. The van der Waals surface area contributed by atoms with Crippen molar-refractivity contribution >= 4 is 23.1 Å². The van der Waals surface area contributed by atoms with Gasteiger partial charge in [-0.1, -0.05) is 38.9 Å². The van der Waals surface area contributed by atoms with Crippen molar-refractivity contribution in [2.75, 3.05) is 13.1 Å². The molecule has 0 aliphatic rings. The fraction of sp³-hybridized carbons (Fsp3) is 0.846. The van der Waals surface area contributed by atoms with Gasteiger partial charge < -0.3 is 10.6 Å². The average Bonchev–Trinajstić information content (AvgIpc) is 2.28. The molecule has 0 rings (SSSR count). The predicted octanol–water partition coefficient (Wildman–Crippen LogP) is 2.73. The third-order valence-corrected chi connectivity index (χ3v) is 3.51. The van der Waals surface area contributed by atoms with Crippen LogP contribution in [0.5, 0.6) is 0 Å². The summed E-state index contributed by atoms with van der Waals surface area (Å²) in [6.07, 6.45) is 4.23. The van der Waals surface area contributed by atoms with Gasteiger partial charge in [-0.05, 0) is 26.7 Å². The molecule has 0 heterocycles. The Morgan fingerprint density at radius 3 is 1.88 bits per heavy atom. The number of carbonyl (C=O) groups excluding carboxylic acids is 1. The minimum Gasteiger partial charge on any atom is -0.392 e. The largest absolute Gasteiger partial charge is 0.392 e. The highest BCUT2D eigenvalue weighted by molar-refractivity contribution is 7.80. The first-order valence-electron chi connectivity index (χ1n) is 6.47. The van der Waals surface area contributed by atoms with Crippen LogP contribution in [0.1, 0.15) is 53.4 Å². The maximum Gasteiger partial charge on any atom is 0.235 e. The summed E-state index contributed by atoms with van der Waals surface area (Å²) in [7, 11) is 0. The Kier molecular flexibility index (Phi) is 7.35. The van der Waals surface area contributed by atoms with Crippen LogP contribution in [0.25, 0.3) is 0 Å². The maximum atomic E-state index is 12.4. The first kappa shape index (κ1) is 16.4. The van der Waals surface area contributed by atoms with Crippen LogP contribution in [0.3, 0.4) is 0 Å². The van der Waals surface area contributed by atoms with E-state index in [9.17, 15) is 4.79 Å². The Hall–Kier alpha value is -0.640. The van der Waals surface area contributed by atoms with Gasteiger partial charge in [0.1, 0.15) is 0 Å². The number of hydrogen-bond acceptors (Lipinski definition) is 2. The summed E-state index contributed by atoms with van der Waals surface area (Å²) in [6.45, 7) is 9.48. The quantitative estimate of drug-likeness (QED) is 0.681. The first-order valence-corrected chi connectivity index (χ1v) is 6.88. The number of unbranched alkanes of at least 4 members (excludes halogenated alkanes) is 2. The zero-order valence-corrected chi connectivity index (χ0v) is 12.4. The summed E-state index contributed by atoms with van der Waals surface area (Å²) in [4.78, 5) is 14.6. The van der Waals surface area contributed by atoms with Crippen molar-refractivity contribution < 1.29 is 4.79 Å². The SMILES string of the molecule is CCCCN(CCCC)C(=O)C(C)(C)C(N)=S. The van der Waals surface area contributed by atoms with Gasteiger partial charge in [-0.15, -0.1) is 0 Å². The van der Waals surface area contributed by atoms with Gasteiger partial charge >= 0.3 is 0 Å². The van der Waals surface area contributed by atoms with Crippen LogP contribution >= 0.6 is 12.2 Å². The Morgan fingerprint density at radius 2 is 1.59 bits per heavy atom. The van der Waals surface area contributed by atoms with E-state index in [2.05, 4.69) is 13.8 Å². The Morgan fingerprint density at radius 1 is 1.18 bits per heavy atom. The molecule has 0 saturated heterocycles. The second-order valence-corrected chi connectivity index (χ2v) is 5.43. The summed E-state index contributed by atoms with van der Waals surface area (Å²) < 4.78 is 0. The number of rotatable bonds is 8. The topological polar surface area (TPSA) is 46.3 Å². The van der Waals surface area contributed by atoms with Crippen LogP contribution in [0.2, 0.25) is 0 Å². The van der Waals surface area contributed by atoms with Crippen molar-refractivity contribution in [3.8, 4) is 0 Å². The standard InChI is InChI=1S/C13H26N2OS/c1-5-7-9-15(10-8-6-2)12(16)13(3,4)11(14)17/h5-10H2,1-4H3,(H2,14,17). The number of amides is 1. The Balaban J connectivity index is 4.66. The lowest BCUT2D eigenvalue weighted by Crippen LogP contribution is -2.47. The van der Waals surface area contributed by atoms with Gasteiger partial charge in [-0.2, -0.15) is 0 Å². The van der Waals surface area contributed by atoms with E-state index in [0.29, 0.717) is 0 Å². The Labute approximate surface area is 111 Å². The number of hydrogen-bond donors (Lipinski definition) is 1. The average molecular weight is 258 g/mol. The fourth-order valence-corrected chi connectivity index (χ4v) is 1.60. The molecule has 0 unspecified atom stereocenters. The molecule has 0 saturated carbocycles. The summed E-state index contributed by atoms with van der Waals surface area (Å²) in [6, 6.07) is 0. The third-order valence-electron chi connectivity index (χ3n) is 3.00. The van der Waals surface area contributed by atoms with E-state index >= 15 is 0 Å². The van der Waals surface area contributed by atoms with Crippen LogP contribution in [0, 0.1) is 5.41 Å². The summed E-state index contributed by atoms with van der Waals surface area (Å²) in [5.74, 6) is 0.0619. The summed E-state index contributed by atoms with van der Waals surface area (Å²) in [5, 5.41) is 0. The molecule has 0 aliphatic carbocycles. The van der Waals surface area contributed by atoms with E-state index in [1.807, 2.05) is 18.7 Å². The van der Waals surface area contributed by atoms with E-state index in [1.165, 1.54) is 0 Å². The molecule has 17 heavy (non-hydrogen) atoms. The molecule has 100 valence electrons. The van der Waals surface area contributed by atoms with Gasteiger partial charge in [0.25, 0.3) is 0 Å². The van der Waals surface area contributed by atoms with E-state index in [1.54, 1.807) is 0 Å². The van der Waals surface area contributed by atoms with Gasteiger partial charge in [-0.25, -0.2) is 0 Å². The van der Waals surface area contributed by atoms with Gasteiger partial charge in [0.05, 0.1) is 10.4 Å². The highest BCUT2D eigenvalue weighted by Crippen LogP contribution is 2.20. The summed E-state index contributed by atoms with van der Waals surface area (Å²) in [5.41, 5.74) is 4.92. The molecule has 0 radical (unpaired) electrons. The minimum atomic E-state index is -0.725. The van der Waals surface area contributed by atoms with Crippen LogP contribution in [-0.2, 0) is 4.79 Å². The minimum absolute atomic E-state index is 0.0619. The molecule has 0 atom stereocenters. The smallest absolute Gasteiger partial charge is 0.235 e. The van der Waals surface area contributed by atoms with Gasteiger partial charge in [-0.3, -0.25) is 4.79 Å². The van der Waals surface area contributed by atoms with E-state index in [-0.39, 0.29) is 10.9 Å². The van der Waals surface area contributed by atoms with Crippen LogP contribution in [0.4, 0.5) is 0 Å². The van der Waals surface area contributed by atoms with Crippen molar-refractivity contribution in [2.24, 2.45) is 11.1 Å². The lowest BCUT2D eigenvalue weighted by atomic mass is 9.91. The fourth-order valence-electron chi connectivity index (χ4n) is 1.51. The monoisotopic (exact) mass is 258 g/mol. The van der Waals surface area contributed by atoms with Crippen molar-refractivity contribution in [2.45, 2.75) is 53.4 Å². The molecule has 0 aromatic rings. The van der Waals surface area contributed by atoms with Crippen LogP contribution in [-0.4, -0.2) is 28.9 Å². The molecule has 0 fully saturated rings. The molecular formula is C13H26N2OS. The van der Waals surface area contributed by atoms with Crippen molar-refractivity contribution in [3.63, 3.8) is 0 Å². The molecule has 0 spiro atoms. The van der Waals surface area contributed by atoms with Crippen LogP contribution < -0.4 is 5.73 Å². The second kappa shape index (κ2) is 7.64. The lowest BCUT2D eigenvalue weighted by Gasteiger charge is -2.31.